The van der Waals surface area contributed by atoms with Gasteiger partial charge in [0.2, 0.25) is 0 Å². The summed E-state index contributed by atoms with van der Waals surface area (Å²) < 4.78 is 41.7. The number of carboxylic acids is 1. The molecule has 0 spiro atoms. The molecule has 2 aromatic heterocycles. The summed E-state index contributed by atoms with van der Waals surface area (Å²) in [6.45, 7) is 1.92. The number of hydrogen-bond acceptors (Lipinski definition) is 3. The van der Waals surface area contributed by atoms with Crippen LogP contribution in [0.15, 0.2) is 97.5 Å². The molecule has 1 atom stereocenters. The van der Waals surface area contributed by atoms with Gasteiger partial charge in [-0.1, -0.05) is 30.3 Å². The largest absolute Gasteiger partial charge is 0.478 e. The van der Waals surface area contributed by atoms with E-state index in [2.05, 4.69) is 10.3 Å². The van der Waals surface area contributed by atoms with E-state index >= 15 is 0 Å². The maximum absolute atomic E-state index is 13.7. The fourth-order valence-electron chi connectivity index (χ4n) is 4.67. The summed E-state index contributed by atoms with van der Waals surface area (Å²) in [5, 5.41) is 12.9. The van der Waals surface area contributed by atoms with Crippen molar-refractivity contribution in [3.8, 4) is 11.1 Å². The number of carbonyl (C=O) groups excluding carboxylic acids is 1. The van der Waals surface area contributed by atoms with Gasteiger partial charge < -0.3 is 15.0 Å². The lowest BCUT2D eigenvalue weighted by Gasteiger charge is -2.17. The van der Waals surface area contributed by atoms with Gasteiger partial charge in [-0.15, -0.1) is 0 Å². The molecule has 9 heteroatoms. The van der Waals surface area contributed by atoms with Gasteiger partial charge >= 0.3 is 12.1 Å². The smallest absolute Gasteiger partial charge is 0.416 e. The second-order valence-corrected chi connectivity index (χ2v) is 9.47. The van der Waals surface area contributed by atoms with Crippen LogP contribution in [0.2, 0.25) is 0 Å². The molecule has 5 rings (SSSR count). The van der Waals surface area contributed by atoms with Crippen LogP contribution in [0.25, 0.3) is 22.0 Å². The number of aromatic nitrogens is 2. The first-order chi connectivity index (χ1) is 19.1. The summed E-state index contributed by atoms with van der Waals surface area (Å²) in [7, 11) is 0. The SMILES string of the molecule is C[C@H](NC(=O)c1cc(-c2cccnc2)cc2ccn(Cc3cccc(C(F)(F)F)c3)c12)c1ccc(C(=O)O)cc1. The van der Waals surface area contributed by atoms with Crippen LogP contribution in [0.5, 0.6) is 0 Å². The molecule has 0 aliphatic rings. The zero-order valence-electron chi connectivity index (χ0n) is 21.3. The van der Waals surface area contributed by atoms with Crippen molar-refractivity contribution in [2.75, 3.05) is 0 Å². The molecule has 202 valence electrons. The Hall–Kier alpha value is -4.92. The molecule has 2 N–H and O–H groups in total. The Morgan fingerprint density at radius 1 is 0.975 bits per heavy atom. The Bertz CT molecular complexity index is 1690. The third-order valence-corrected chi connectivity index (χ3v) is 6.71. The highest BCUT2D eigenvalue weighted by atomic mass is 19.4. The minimum absolute atomic E-state index is 0.131. The van der Waals surface area contributed by atoms with E-state index in [9.17, 15) is 22.8 Å². The van der Waals surface area contributed by atoms with Gasteiger partial charge in [-0.3, -0.25) is 9.78 Å². The molecule has 0 aliphatic carbocycles. The molecule has 0 fully saturated rings. The molecule has 1 amide bonds. The summed E-state index contributed by atoms with van der Waals surface area (Å²) >= 11 is 0. The monoisotopic (exact) mass is 543 g/mol. The van der Waals surface area contributed by atoms with Crippen molar-refractivity contribution >= 4 is 22.8 Å². The zero-order valence-corrected chi connectivity index (χ0v) is 21.3. The van der Waals surface area contributed by atoms with E-state index in [0.29, 0.717) is 16.6 Å². The molecule has 5 aromatic rings. The highest BCUT2D eigenvalue weighted by Gasteiger charge is 2.30. The molecule has 2 heterocycles. The van der Waals surface area contributed by atoms with Crippen molar-refractivity contribution in [3.63, 3.8) is 0 Å². The minimum atomic E-state index is -4.46. The number of halogens is 3. The van der Waals surface area contributed by atoms with E-state index in [1.165, 1.54) is 18.2 Å². The van der Waals surface area contributed by atoms with Gasteiger partial charge in [0.25, 0.3) is 5.91 Å². The van der Waals surface area contributed by atoms with Crippen LogP contribution in [0.1, 0.15) is 50.4 Å². The maximum Gasteiger partial charge on any atom is 0.416 e. The summed E-state index contributed by atoms with van der Waals surface area (Å²) in [4.78, 5) is 29.1. The fraction of sp³-hybridized carbons (Fsp3) is 0.129. The van der Waals surface area contributed by atoms with Crippen LogP contribution < -0.4 is 5.32 Å². The molecular weight excluding hydrogens is 519 g/mol. The third-order valence-electron chi connectivity index (χ3n) is 6.71. The molecule has 40 heavy (non-hydrogen) atoms. The average molecular weight is 544 g/mol. The van der Waals surface area contributed by atoms with Crippen LogP contribution in [-0.4, -0.2) is 26.5 Å². The van der Waals surface area contributed by atoms with Crippen molar-refractivity contribution in [2.24, 2.45) is 0 Å². The molecule has 0 radical (unpaired) electrons. The lowest BCUT2D eigenvalue weighted by molar-refractivity contribution is -0.137. The fourth-order valence-corrected chi connectivity index (χ4v) is 4.67. The summed E-state index contributed by atoms with van der Waals surface area (Å²) in [6, 6.07) is 20.1. The molecule has 0 saturated carbocycles. The second kappa shape index (κ2) is 10.7. The van der Waals surface area contributed by atoms with Crippen LogP contribution in [-0.2, 0) is 12.7 Å². The first kappa shape index (κ1) is 26.7. The highest BCUT2D eigenvalue weighted by molar-refractivity contribution is 6.08. The number of alkyl halides is 3. The van der Waals surface area contributed by atoms with Gasteiger partial charge in [0, 0.05) is 36.1 Å². The Balaban J connectivity index is 1.54. The highest BCUT2D eigenvalue weighted by Crippen LogP contribution is 2.32. The number of amides is 1. The van der Waals surface area contributed by atoms with E-state index in [1.807, 2.05) is 18.2 Å². The number of carbonyl (C=O) groups is 2. The summed E-state index contributed by atoms with van der Waals surface area (Å²) in [5.41, 5.74) is 3.07. The molecule has 0 aliphatic heterocycles. The standard InChI is InChI=1S/C31H24F3N3O3/c1-19(21-7-9-22(10-8-21)30(39)40)36-29(38)27-16-25(24-5-3-12-35-17-24)15-23-11-13-37(28(23)27)18-20-4-2-6-26(14-20)31(32,33)34/h2-17,19H,18H2,1H3,(H,36,38)(H,39,40)/t19-/m0/s1. The number of nitrogens with one attached hydrogen (secondary N) is 1. The number of carboxylic acid groups (broad SMARTS) is 1. The van der Waals surface area contributed by atoms with Gasteiger partial charge in [0.15, 0.2) is 0 Å². The first-order valence-electron chi connectivity index (χ1n) is 12.4. The molecule has 6 nitrogen and oxygen atoms in total. The molecule has 0 bridgehead atoms. The van der Waals surface area contributed by atoms with E-state index in [0.717, 1.165) is 34.2 Å². The van der Waals surface area contributed by atoms with Crippen LogP contribution >= 0.6 is 0 Å². The normalized spacial score (nSPS) is 12.3. The number of pyridine rings is 1. The summed E-state index contributed by atoms with van der Waals surface area (Å²) in [5.74, 6) is -1.42. The van der Waals surface area contributed by atoms with Gasteiger partial charge in [0.1, 0.15) is 0 Å². The van der Waals surface area contributed by atoms with Crippen LogP contribution in [0.4, 0.5) is 13.2 Å². The van der Waals surface area contributed by atoms with Gasteiger partial charge in [-0.25, -0.2) is 4.79 Å². The number of fused-ring (bicyclic) bond motifs is 1. The lowest BCUT2D eigenvalue weighted by Crippen LogP contribution is -2.27. The number of rotatable bonds is 7. The number of aromatic carboxylic acids is 1. The van der Waals surface area contributed by atoms with Crippen LogP contribution in [0.3, 0.4) is 0 Å². The van der Waals surface area contributed by atoms with E-state index in [-0.39, 0.29) is 18.0 Å². The first-order valence-corrected chi connectivity index (χ1v) is 12.4. The summed E-state index contributed by atoms with van der Waals surface area (Å²) in [6.07, 6.45) is 0.633. The van der Waals surface area contributed by atoms with E-state index in [1.54, 1.807) is 60.4 Å². The quantitative estimate of drug-likeness (QED) is 0.232. The minimum Gasteiger partial charge on any atom is -0.478 e. The predicted octanol–water partition coefficient (Wildman–Crippen LogP) is 6.96. The Morgan fingerprint density at radius 3 is 2.42 bits per heavy atom. The lowest BCUT2D eigenvalue weighted by atomic mass is 10.00. The molecular formula is C31H24F3N3O3. The maximum atomic E-state index is 13.7. The van der Waals surface area contributed by atoms with Crippen molar-refractivity contribution < 1.29 is 27.9 Å². The van der Waals surface area contributed by atoms with E-state index < -0.39 is 23.8 Å². The van der Waals surface area contributed by atoms with Crippen molar-refractivity contribution in [2.45, 2.75) is 25.7 Å². The van der Waals surface area contributed by atoms with Crippen molar-refractivity contribution in [1.82, 2.24) is 14.9 Å². The number of nitrogens with zero attached hydrogens (tertiary/aromatic N) is 2. The Kier molecular flexibility index (Phi) is 7.13. The molecule has 0 saturated heterocycles. The van der Waals surface area contributed by atoms with Crippen molar-refractivity contribution in [1.29, 1.82) is 0 Å². The second-order valence-electron chi connectivity index (χ2n) is 9.47. The Labute approximate surface area is 227 Å². The Morgan fingerprint density at radius 2 is 1.75 bits per heavy atom. The van der Waals surface area contributed by atoms with Crippen LogP contribution in [0, 0.1) is 0 Å². The zero-order chi connectivity index (χ0) is 28.4. The molecule has 0 unspecified atom stereocenters. The van der Waals surface area contributed by atoms with Crippen molar-refractivity contribution in [3.05, 3.63) is 125 Å². The van der Waals surface area contributed by atoms with Gasteiger partial charge in [-0.05, 0) is 72.1 Å². The predicted molar refractivity (Wildman–Crippen MR) is 145 cm³/mol. The van der Waals surface area contributed by atoms with E-state index in [4.69, 9.17) is 5.11 Å². The topological polar surface area (TPSA) is 84.2 Å². The number of hydrogen-bond donors (Lipinski definition) is 2. The molecule has 3 aromatic carbocycles. The number of benzene rings is 3. The third kappa shape index (κ3) is 5.58. The van der Waals surface area contributed by atoms with Gasteiger partial charge in [-0.2, -0.15) is 13.2 Å². The average Bonchev–Trinajstić information content (AvgIpc) is 3.35. The van der Waals surface area contributed by atoms with Gasteiger partial charge in [0.05, 0.1) is 28.2 Å².